The monoisotopic (exact) mass is 256 g/mol. The van der Waals surface area contributed by atoms with Crippen molar-refractivity contribution in [3.05, 3.63) is 11.6 Å². The van der Waals surface area contributed by atoms with Crippen molar-refractivity contribution in [3.8, 4) is 0 Å². The minimum absolute atomic E-state index is 0.0305. The molecule has 1 aromatic heterocycles. The molecule has 0 saturated carbocycles. The molecule has 1 aliphatic heterocycles. The van der Waals surface area contributed by atoms with E-state index in [1.165, 1.54) is 12.2 Å². The van der Waals surface area contributed by atoms with Crippen LogP contribution in [0.5, 0.6) is 0 Å². The highest BCUT2D eigenvalue weighted by atomic mass is 32.2. The van der Waals surface area contributed by atoms with Crippen molar-refractivity contribution in [2.24, 2.45) is 0 Å². The Morgan fingerprint density at radius 2 is 2.47 bits per heavy atom. The lowest BCUT2D eigenvalue weighted by atomic mass is 10.2. The molecule has 2 rings (SSSR count). The zero-order valence-electron chi connectivity index (χ0n) is 10.5. The topological polar surface area (TPSA) is 54.0 Å². The van der Waals surface area contributed by atoms with Crippen LogP contribution in [0.1, 0.15) is 24.2 Å². The number of nitrogens with one attached hydrogen (secondary N) is 1. The predicted molar refractivity (Wildman–Crippen MR) is 69.3 cm³/mol. The van der Waals surface area contributed by atoms with Crippen LogP contribution < -0.4 is 0 Å². The van der Waals surface area contributed by atoms with E-state index in [1.54, 1.807) is 0 Å². The molecule has 2 heterocycles. The Balaban J connectivity index is 1.84. The molecule has 1 saturated heterocycles. The van der Waals surface area contributed by atoms with Gasteiger partial charge in [-0.05, 0) is 31.9 Å². The normalized spacial score (nSPS) is 21.9. The molecule has 0 spiro atoms. The quantitative estimate of drug-likeness (QED) is 0.803. The predicted octanol–water partition coefficient (Wildman–Crippen LogP) is 1.24. The van der Waals surface area contributed by atoms with Gasteiger partial charge in [-0.15, -0.1) is 0 Å². The lowest BCUT2D eigenvalue weighted by molar-refractivity contribution is -0.0339. The van der Waals surface area contributed by atoms with Crippen molar-refractivity contribution in [3.63, 3.8) is 0 Å². The second kappa shape index (κ2) is 6.37. The van der Waals surface area contributed by atoms with Crippen molar-refractivity contribution < 1.29 is 4.74 Å². The number of rotatable bonds is 5. The maximum Gasteiger partial charge on any atom is 0.180 e. The smallest absolute Gasteiger partial charge is 0.180 e. The highest BCUT2D eigenvalue weighted by molar-refractivity contribution is 7.98. The summed E-state index contributed by atoms with van der Waals surface area (Å²) < 4.78 is 5.72. The Morgan fingerprint density at radius 3 is 3.18 bits per heavy atom. The Kier molecular flexibility index (Phi) is 4.82. The second-order valence-electron chi connectivity index (χ2n) is 4.29. The number of morpholine rings is 1. The van der Waals surface area contributed by atoms with Crippen LogP contribution in [0.15, 0.2) is 0 Å². The molecule has 1 atom stereocenters. The number of thioether (sulfide) groups is 1. The first-order valence-corrected chi connectivity index (χ1v) is 7.41. The summed E-state index contributed by atoms with van der Waals surface area (Å²) in [6, 6.07) is 0. The van der Waals surface area contributed by atoms with Gasteiger partial charge in [0.2, 0.25) is 0 Å². The fourth-order valence-corrected chi connectivity index (χ4v) is 2.42. The van der Waals surface area contributed by atoms with Crippen LogP contribution in [0.4, 0.5) is 0 Å². The second-order valence-corrected chi connectivity index (χ2v) is 5.27. The first-order chi connectivity index (χ1) is 8.29. The van der Waals surface area contributed by atoms with Crippen LogP contribution in [-0.4, -0.2) is 58.3 Å². The number of H-pyrrole nitrogens is 1. The molecule has 1 fully saturated rings. The zero-order chi connectivity index (χ0) is 12.1. The number of aromatic nitrogens is 3. The van der Waals surface area contributed by atoms with Gasteiger partial charge in [-0.2, -0.15) is 16.9 Å². The molecule has 0 bridgehead atoms. The lowest BCUT2D eigenvalue weighted by Gasteiger charge is -2.31. The van der Waals surface area contributed by atoms with Gasteiger partial charge in [-0.25, -0.2) is 4.98 Å². The van der Waals surface area contributed by atoms with E-state index in [4.69, 9.17) is 4.74 Å². The summed E-state index contributed by atoms with van der Waals surface area (Å²) in [5.74, 6) is 2.86. The molecule has 0 radical (unpaired) electrons. The van der Waals surface area contributed by atoms with Crippen LogP contribution in [0.25, 0.3) is 0 Å². The minimum atomic E-state index is 0.0305. The molecular formula is C11H20N4OS. The van der Waals surface area contributed by atoms with Crippen LogP contribution in [-0.2, 0) is 4.74 Å². The molecular weight excluding hydrogens is 236 g/mol. The minimum Gasteiger partial charge on any atom is -0.367 e. The Labute approximate surface area is 106 Å². The number of aryl methyl sites for hydroxylation is 1. The van der Waals surface area contributed by atoms with Gasteiger partial charge >= 0.3 is 0 Å². The first-order valence-electron chi connectivity index (χ1n) is 6.01. The molecule has 96 valence electrons. The van der Waals surface area contributed by atoms with Crippen molar-refractivity contribution in [1.82, 2.24) is 20.1 Å². The van der Waals surface area contributed by atoms with Crippen molar-refractivity contribution in [2.75, 3.05) is 38.2 Å². The molecule has 0 aliphatic carbocycles. The van der Waals surface area contributed by atoms with Gasteiger partial charge in [0.25, 0.3) is 0 Å². The van der Waals surface area contributed by atoms with Crippen LogP contribution in [0.3, 0.4) is 0 Å². The van der Waals surface area contributed by atoms with Crippen LogP contribution in [0.2, 0.25) is 0 Å². The summed E-state index contributed by atoms with van der Waals surface area (Å²) in [4.78, 5) is 6.78. The summed E-state index contributed by atoms with van der Waals surface area (Å²) in [6.45, 7) is 5.76. The molecule has 6 heteroatoms. The first kappa shape index (κ1) is 12.9. The number of ether oxygens (including phenoxy) is 1. The zero-order valence-corrected chi connectivity index (χ0v) is 11.3. The van der Waals surface area contributed by atoms with Gasteiger partial charge < -0.3 is 4.74 Å². The van der Waals surface area contributed by atoms with Gasteiger partial charge in [0.05, 0.1) is 6.61 Å². The van der Waals surface area contributed by atoms with E-state index in [9.17, 15) is 0 Å². The SMILES string of the molecule is CSCCCN1CCO[C@H](c2n[nH]c(C)n2)C1. The summed E-state index contributed by atoms with van der Waals surface area (Å²) in [7, 11) is 0. The van der Waals surface area contributed by atoms with Gasteiger partial charge in [-0.1, -0.05) is 0 Å². The average Bonchev–Trinajstić information content (AvgIpc) is 2.77. The number of aromatic amines is 1. The van der Waals surface area contributed by atoms with Gasteiger partial charge in [0.15, 0.2) is 5.82 Å². The van der Waals surface area contributed by atoms with Crippen molar-refractivity contribution in [2.45, 2.75) is 19.4 Å². The number of hydrogen-bond acceptors (Lipinski definition) is 5. The van der Waals surface area contributed by atoms with E-state index in [2.05, 4.69) is 26.3 Å². The standard InChI is InChI=1S/C11H20N4OS/c1-9-12-11(14-13-9)10-8-15(5-6-16-10)4-3-7-17-2/h10H,3-8H2,1-2H3,(H,12,13,14)/t10-/m0/s1. The third-order valence-electron chi connectivity index (χ3n) is 2.88. The molecule has 1 aromatic rings. The highest BCUT2D eigenvalue weighted by Gasteiger charge is 2.24. The van der Waals surface area contributed by atoms with Crippen LogP contribution >= 0.6 is 11.8 Å². The van der Waals surface area contributed by atoms with E-state index in [0.29, 0.717) is 0 Å². The third kappa shape index (κ3) is 3.69. The number of nitrogens with zero attached hydrogens (tertiary/aromatic N) is 3. The highest BCUT2D eigenvalue weighted by Crippen LogP contribution is 2.19. The van der Waals surface area contributed by atoms with Crippen molar-refractivity contribution >= 4 is 11.8 Å². The van der Waals surface area contributed by atoms with Gasteiger partial charge in [0.1, 0.15) is 11.9 Å². The maximum absolute atomic E-state index is 5.72. The van der Waals surface area contributed by atoms with Gasteiger partial charge in [-0.3, -0.25) is 10.00 Å². The maximum atomic E-state index is 5.72. The summed E-state index contributed by atoms with van der Waals surface area (Å²) in [5, 5.41) is 7.05. The molecule has 17 heavy (non-hydrogen) atoms. The molecule has 1 N–H and O–H groups in total. The fraction of sp³-hybridized carbons (Fsp3) is 0.818. The van der Waals surface area contributed by atoms with Gasteiger partial charge in [0, 0.05) is 13.1 Å². The van der Waals surface area contributed by atoms with Crippen LogP contribution in [0, 0.1) is 6.92 Å². The average molecular weight is 256 g/mol. The molecule has 5 nitrogen and oxygen atoms in total. The fourth-order valence-electron chi connectivity index (χ4n) is 2.00. The van der Waals surface area contributed by atoms with E-state index in [0.717, 1.165) is 37.9 Å². The van der Waals surface area contributed by atoms with Crippen molar-refractivity contribution in [1.29, 1.82) is 0 Å². The Bertz CT molecular complexity index is 344. The van der Waals surface area contributed by atoms with E-state index in [-0.39, 0.29) is 6.10 Å². The number of hydrogen-bond donors (Lipinski definition) is 1. The molecule has 0 amide bonds. The third-order valence-corrected chi connectivity index (χ3v) is 3.57. The Hall–Kier alpha value is -0.590. The molecule has 1 aliphatic rings. The summed E-state index contributed by atoms with van der Waals surface area (Å²) in [5.41, 5.74) is 0. The van der Waals surface area contributed by atoms with E-state index < -0.39 is 0 Å². The molecule has 0 aromatic carbocycles. The van der Waals surface area contributed by atoms with E-state index in [1.807, 2.05) is 18.7 Å². The summed E-state index contributed by atoms with van der Waals surface area (Å²) in [6.07, 6.45) is 3.42. The Morgan fingerprint density at radius 1 is 1.59 bits per heavy atom. The molecule has 0 unspecified atom stereocenters. The lowest BCUT2D eigenvalue weighted by Crippen LogP contribution is -2.39. The largest absolute Gasteiger partial charge is 0.367 e. The summed E-state index contributed by atoms with van der Waals surface area (Å²) >= 11 is 1.90. The van der Waals surface area contributed by atoms with E-state index >= 15 is 0 Å².